The number of hydrogen-bond acceptors (Lipinski definition) is 4. The quantitative estimate of drug-likeness (QED) is 0.627. The summed E-state index contributed by atoms with van der Waals surface area (Å²) in [6.45, 7) is 0.173. The number of ether oxygens (including phenoxy) is 1. The van der Waals surface area contributed by atoms with Gasteiger partial charge in [0.15, 0.2) is 5.75 Å². The maximum absolute atomic E-state index is 11.1. The molecule has 8 heteroatoms. The van der Waals surface area contributed by atoms with Crippen LogP contribution in [0.25, 0.3) is 0 Å². The minimum absolute atomic E-state index is 0.00812. The molecule has 0 bridgehead atoms. The molecule has 0 aliphatic rings. The zero-order valence-corrected chi connectivity index (χ0v) is 13.4. The Morgan fingerprint density at radius 1 is 1.32 bits per heavy atom. The molecule has 0 atom stereocenters. The predicted molar refractivity (Wildman–Crippen MR) is 85.1 cm³/mol. The maximum Gasteiger partial charge on any atom is 0.269 e. The highest BCUT2D eigenvalue weighted by Crippen LogP contribution is 2.35. The van der Waals surface area contributed by atoms with Crippen LogP contribution < -0.4 is 10.5 Å². The number of nitro groups is 1. The summed E-state index contributed by atoms with van der Waals surface area (Å²) in [5, 5.41) is 10.8. The molecule has 0 fully saturated rings. The molecule has 0 radical (unpaired) electrons. The van der Waals surface area contributed by atoms with Gasteiger partial charge in [-0.2, -0.15) is 0 Å². The number of nitrogens with two attached hydrogens (primary N) is 1. The van der Waals surface area contributed by atoms with Crippen molar-refractivity contribution in [1.29, 1.82) is 0 Å². The Hall–Kier alpha value is -2.12. The van der Waals surface area contributed by atoms with Crippen molar-refractivity contribution in [2.45, 2.75) is 6.61 Å². The number of halogens is 2. The summed E-state index contributed by atoms with van der Waals surface area (Å²) < 4.78 is 6.08. The van der Waals surface area contributed by atoms with E-state index in [2.05, 4.69) is 15.9 Å². The minimum Gasteiger partial charge on any atom is -0.486 e. The zero-order valence-electron chi connectivity index (χ0n) is 11.1. The third kappa shape index (κ3) is 3.75. The summed E-state index contributed by atoms with van der Waals surface area (Å²) in [5.41, 5.74) is 6.21. The predicted octanol–water partition coefficient (Wildman–Crippen LogP) is 3.69. The van der Waals surface area contributed by atoms with Crippen molar-refractivity contribution in [3.05, 3.63) is 67.1 Å². The largest absolute Gasteiger partial charge is 0.486 e. The topological polar surface area (TPSA) is 95.5 Å². The van der Waals surface area contributed by atoms with Gasteiger partial charge in [-0.05, 0) is 45.8 Å². The van der Waals surface area contributed by atoms with Gasteiger partial charge in [-0.25, -0.2) is 0 Å². The second kappa shape index (κ2) is 6.76. The number of primary amides is 1. The van der Waals surface area contributed by atoms with Crippen LogP contribution >= 0.6 is 27.5 Å². The van der Waals surface area contributed by atoms with Crippen LogP contribution in [0, 0.1) is 10.1 Å². The summed E-state index contributed by atoms with van der Waals surface area (Å²) in [6.07, 6.45) is 0. The van der Waals surface area contributed by atoms with Gasteiger partial charge in [0.1, 0.15) is 6.61 Å². The molecule has 0 spiro atoms. The minimum atomic E-state index is -0.593. The Morgan fingerprint density at radius 3 is 2.45 bits per heavy atom. The first-order valence-electron chi connectivity index (χ1n) is 6.03. The first-order valence-corrected chi connectivity index (χ1v) is 7.20. The van der Waals surface area contributed by atoms with Gasteiger partial charge in [0.25, 0.3) is 5.69 Å². The molecule has 0 unspecified atom stereocenters. The van der Waals surface area contributed by atoms with Crippen molar-refractivity contribution in [1.82, 2.24) is 0 Å². The molecule has 0 saturated carbocycles. The van der Waals surface area contributed by atoms with Crippen LogP contribution in [0.3, 0.4) is 0 Å². The van der Waals surface area contributed by atoms with Gasteiger partial charge in [0.2, 0.25) is 5.91 Å². The van der Waals surface area contributed by atoms with Crippen molar-refractivity contribution in [2.75, 3.05) is 0 Å². The fourth-order valence-corrected chi connectivity index (χ4v) is 2.67. The number of non-ortho nitro benzene ring substituents is 1. The number of nitro benzene ring substituents is 1. The van der Waals surface area contributed by atoms with Gasteiger partial charge in [0, 0.05) is 17.7 Å². The van der Waals surface area contributed by atoms with E-state index in [1.165, 1.54) is 24.3 Å². The fourth-order valence-electron chi connectivity index (χ4n) is 1.71. The molecule has 2 aromatic carbocycles. The maximum atomic E-state index is 11.1. The van der Waals surface area contributed by atoms with E-state index in [1.54, 1.807) is 12.1 Å². The molecule has 0 aliphatic heterocycles. The molecule has 114 valence electrons. The van der Waals surface area contributed by atoms with Crippen molar-refractivity contribution >= 4 is 39.1 Å². The number of hydrogen-bond donors (Lipinski definition) is 1. The van der Waals surface area contributed by atoms with Crippen molar-refractivity contribution in [3.63, 3.8) is 0 Å². The summed E-state index contributed by atoms with van der Waals surface area (Å²) in [6, 6.07) is 8.91. The molecule has 2 rings (SSSR count). The Balaban J connectivity index is 2.14. The van der Waals surface area contributed by atoms with Crippen molar-refractivity contribution in [2.24, 2.45) is 5.73 Å². The summed E-state index contributed by atoms with van der Waals surface area (Å²) in [5.74, 6) is -0.227. The number of amides is 1. The average molecular weight is 386 g/mol. The monoisotopic (exact) mass is 384 g/mol. The highest BCUT2D eigenvalue weighted by atomic mass is 79.9. The summed E-state index contributed by atoms with van der Waals surface area (Å²) in [4.78, 5) is 21.2. The van der Waals surface area contributed by atoms with Crippen molar-refractivity contribution < 1.29 is 14.5 Å². The highest BCUT2D eigenvalue weighted by Gasteiger charge is 2.12. The molecule has 0 aliphatic carbocycles. The third-order valence-corrected chi connectivity index (χ3v) is 3.68. The lowest BCUT2D eigenvalue weighted by Gasteiger charge is -2.11. The fraction of sp³-hybridized carbons (Fsp3) is 0.0714. The van der Waals surface area contributed by atoms with E-state index in [1.807, 2.05) is 0 Å². The Bertz CT molecular complexity index is 711. The van der Waals surface area contributed by atoms with E-state index in [9.17, 15) is 14.9 Å². The second-order valence-electron chi connectivity index (χ2n) is 4.35. The highest BCUT2D eigenvalue weighted by molar-refractivity contribution is 9.10. The number of rotatable bonds is 5. The number of benzene rings is 2. The molecule has 0 heterocycles. The van der Waals surface area contributed by atoms with E-state index in [0.29, 0.717) is 10.2 Å². The smallest absolute Gasteiger partial charge is 0.269 e. The van der Waals surface area contributed by atoms with Gasteiger partial charge < -0.3 is 10.5 Å². The van der Waals surface area contributed by atoms with Crippen LogP contribution in [-0.4, -0.2) is 10.8 Å². The molecule has 6 nitrogen and oxygen atoms in total. The zero-order chi connectivity index (χ0) is 16.3. The SMILES string of the molecule is NC(=O)c1cc(Cl)c(OCc2ccc([N+](=O)[O-])cc2)c(Br)c1. The number of carbonyl (C=O) groups excluding carboxylic acids is 1. The summed E-state index contributed by atoms with van der Waals surface area (Å²) in [7, 11) is 0. The average Bonchev–Trinajstić information content (AvgIpc) is 2.46. The normalized spacial score (nSPS) is 10.3. The molecule has 0 saturated heterocycles. The van der Waals surface area contributed by atoms with E-state index < -0.39 is 10.8 Å². The van der Waals surface area contributed by atoms with Crippen LogP contribution in [0.2, 0.25) is 5.02 Å². The van der Waals surface area contributed by atoms with Crippen molar-refractivity contribution in [3.8, 4) is 5.75 Å². The number of carbonyl (C=O) groups is 1. The first-order chi connectivity index (χ1) is 10.4. The van der Waals surface area contributed by atoms with Gasteiger partial charge >= 0.3 is 0 Å². The lowest BCUT2D eigenvalue weighted by atomic mass is 10.2. The van der Waals surface area contributed by atoms with Gasteiger partial charge in [0.05, 0.1) is 14.4 Å². The van der Waals surface area contributed by atoms with Gasteiger partial charge in [-0.1, -0.05) is 11.6 Å². The number of nitrogens with zero attached hydrogens (tertiary/aromatic N) is 1. The Labute approximate surface area is 139 Å². The van der Waals surface area contributed by atoms with E-state index in [4.69, 9.17) is 22.1 Å². The van der Waals surface area contributed by atoms with Crippen LogP contribution in [-0.2, 0) is 6.61 Å². The lowest BCUT2D eigenvalue weighted by molar-refractivity contribution is -0.384. The standard InChI is InChI=1S/C14H10BrClN2O4/c15-11-5-9(14(17)19)6-12(16)13(11)22-7-8-1-3-10(4-2-8)18(20)21/h1-6H,7H2,(H2,17,19). The first kappa shape index (κ1) is 16.3. The van der Waals surface area contributed by atoms with Gasteiger partial charge in [-0.15, -0.1) is 0 Å². The lowest BCUT2D eigenvalue weighted by Crippen LogP contribution is -2.11. The molecule has 1 amide bonds. The molecule has 22 heavy (non-hydrogen) atoms. The molecular weight excluding hydrogens is 376 g/mol. The Kier molecular flexibility index (Phi) is 4.99. The molecule has 2 aromatic rings. The molecule has 0 aromatic heterocycles. The van der Waals surface area contributed by atoms with Crippen LogP contribution in [0.1, 0.15) is 15.9 Å². The molecular formula is C14H10BrClN2O4. The van der Waals surface area contributed by atoms with Crippen LogP contribution in [0.5, 0.6) is 5.75 Å². The Morgan fingerprint density at radius 2 is 1.95 bits per heavy atom. The van der Waals surface area contributed by atoms with Crippen LogP contribution in [0.15, 0.2) is 40.9 Å². The second-order valence-corrected chi connectivity index (χ2v) is 5.61. The third-order valence-electron chi connectivity index (χ3n) is 2.81. The molecule has 2 N–H and O–H groups in total. The van der Waals surface area contributed by atoms with E-state index in [0.717, 1.165) is 5.56 Å². The van der Waals surface area contributed by atoms with Crippen LogP contribution in [0.4, 0.5) is 5.69 Å². The van der Waals surface area contributed by atoms with E-state index >= 15 is 0 Å². The van der Waals surface area contributed by atoms with E-state index in [-0.39, 0.29) is 22.9 Å². The van der Waals surface area contributed by atoms with Gasteiger partial charge in [-0.3, -0.25) is 14.9 Å². The summed E-state index contributed by atoms with van der Waals surface area (Å²) >= 11 is 9.32.